The Morgan fingerprint density at radius 3 is 2.88 bits per heavy atom. The lowest BCUT2D eigenvalue weighted by Gasteiger charge is -2.35. The summed E-state index contributed by atoms with van der Waals surface area (Å²) in [6.45, 7) is 5.15. The molecule has 0 aromatic heterocycles. The van der Waals surface area contributed by atoms with E-state index in [0.717, 1.165) is 19.3 Å². The van der Waals surface area contributed by atoms with Crippen molar-refractivity contribution in [3.63, 3.8) is 0 Å². The number of ether oxygens (including phenoxy) is 1. The van der Waals surface area contributed by atoms with Crippen molar-refractivity contribution in [3.05, 3.63) is 0 Å². The van der Waals surface area contributed by atoms with Crippen LogP contribution in [0.2, 0.25) is 0 Å². The van der Waals surface area contributed by atoms with Crippen LogP contribution in [0.4, 0.5) is 0 Å². The second kappa shape index (κ2) is 3.80. The van der Waals surface area contributed by atoms with Crippen molar-refractivity contribution in [3.8, 4) is 0 Å². The summed E-state index contributed by atoms with van der Waals surface area (Å²) in [6, 6.07) is 0.864. The number of piperidine rings is 1. The molecule has 17 heavy (non-hydrogen) atoms. The van der Waals surface area contributed by atoms with Crippen molar-refractivity contribution < 1.29 is 4.74 Å². The van der Waals surface area contributed by atoms with Crippen molar-refractivity contribution in [1.82, 2.24) is 4.90 Å². The first kappa shape index (κ1) is 10.7. The first-order valence-corrected chi connectivity index (χ1v) is 5.97. The van der Waals surface area contributed by atoms with Crippen LogP contribution >= 0.6 is 0 Å². The summed E-state index contributed by atoms with van der Waals surface area (Å²) in [4.78, 5) is 6.49. The molecule has 4 heterocycles. The lowest BCUT2D eigenvalue weighted by molar-refractivity contribution is 0.00750. The second-order valence-corrected chi connectivity index (χ2v) is 4.93. The van der Waals surface area contributed by atoms with Gasteiger partial charge in [-0.3, -0.25) is 0 Å². The van der Waals surface area contributed by atoms with Crippen LogP contribution in [-0.4, -0.2) is 47.7 Å². The average Bonchev–Trinajstić information content (AvgIpc) is 2.66. The van der Waals surface area contributed by atoms with Gasteiger partial charge in [-0.2, -0.15) is 10.1 Å². The van der Waals surface area contributed by atoms with Gasteiger partial charge in [-0.1, -0.05) is 0 Å². The molecule has 0 spiro atoms. The van der Waals surface area contributed by atoms with Crippen molar-refractivity contribution in [2.45, 2.75) is 50.5 Å². The Morgan fingerprint density at radius 2 is 2.24 bits per heavy atom. The quantitative estimate of drug-likeness (QED) is 0.404. The van der Waals surface area contributed by atoms with E-state index in [1.54, 1.807) is 6.92 Å². The Balaban J connectivity index is 1.90. The van der Waals surface area contributed by atoms with Gasteiger partial charge >= 0.3 is 0 Å². The van der Waals surface area contributed by atoms with Crippen molar-refractivity contribution in [2.75, 3.05) is 0 Å². The highest BCUT2D eigenvalue weighted by Crippen LogP contribution is 2.45. The van der Waals surface area contributed by atoms with E-state index in [1.807, 2.05) is 0 Å². The van der Waals surface area contributed by atoms with Crippen molar-refractivity contribution in [1.29, 1.82) is 0 Å². The van der Waals surface area contributed by atoms with Gasteiger partial charge in [0.25, 0.3) is 0 Å². The van der Waals surface area contributed by atoms with E-state index in [2.05, 4.69) is 26.8 Å². The Morgan fingerprint density at radius 1 is 1.41 bits per heavy atom. The number of guanidine groups is 1. The zero-order valence-electron chi connectivity index (χ0n) is 9.91. The van der Waals surface area contributed by atoms with Crippen LogP contribution in [-0.2, 0) is 4.74 Å². The van der Waals surface area contributed by atoms with Gasteiger partial charge in [-0.25, -0.2) is 0 Å². The predicted molar refractivity (Wildman–Crippen MR) is 66.2 cm³/mol. The van der Waals surface area contributed by atoms with E-state index >= 15 is 0 Å². The molecule has 2 N–H and O–H groups in total. The minimum Gasteiger partial charge on any atom is -0.387 e. The normalized spacial score (nSPS) is 40.2. The van der Waals surface area contributed by atoms with Crippen molar-refractivity contribution in [2.24, 2.45) is 20.9 Å². The number of nitrogens with zero attached hydrogens (tertiary/aromatic N) is 4. The second-order valence-electron chi connectivity index (χ2n) is 4.93. The Hall–Kier alpha value is -1.43. The number of nitrogens with two attached hydrogens (primary N) is 1. The average molecular weight is 235 g/mol. The van der Waals surface area contributed by atoms with Gasteiger partial charge in [0.2, 0.25) is 5.96 Å². The van der Waals surface area contributed by atoms with Gasteiger partial charge < -0.3 is 15.4 Å². The van der Waals surface area contributed by atoms with Gasteiger partial charge in [0.1, 0.15) is 0 Å². The van der Waals surface area contributed by atoms with Gasteiger partial charge in [0, 0.05) is 12.8 Å². The highest BCUT2D eigenvalue weighted by atomic mass is 16.5. The maximum absolute atomic E-state index is 5.89. The molecule has 4 aliphatic rings. The van der Waals surface area contributed by atoms with E-state index in [4.69, 9.17) is 10.5 Å². The summed E-state index contributed by atoms with van der Waals surface area (Å²) >= 11 is 0. The molecular formula is C11H17N5O. The maximum Gasteiger partial charge on any atom is 0.247 e. The third-order valence-corrected chi connectivity index (χ3v) is 3.76. The van der Waals surface area contributed by atoms with E-state index in [-0.39, 0.29) is 0 Å². The Kier molecular flexibility index (Phi) is 2.39. The summed E-state index contributed by atoms with van der Waals surface area (Å²) in [6.07, 6.45) is 3.96. The Labute approximate surface area is 100 Å². The minimum atomic E-state index is 0.335. The van der Waals surface area contributed by atoms with Crippen LogP contribution in [0.5, 0.6) is 0 Å². The first-order chi connectivity index (χ1) is 8.19. The van der Waals surface area contributed by atoms with Crippen LogP contribution in [0.25, 0.3) is 0 Å². The number of amidine groups is 1. The van der Waals surface area contributed by atoms with Gasteiger partial charge in [0.05, 0.1) is 24.1 Å². The van der Waals surface area contributed by atoms with Crippen LogP contribution in [0.1, 0.15) is 26.2 Å². The number of aliphatic imine (C=N–C) groups is 1. The lowest BCUT2D eigenvalue weighted by atomic mass is 10.0. The highest BCUT2D eigenvalue weighted by molar-refractivity contribution is 5.94. The summed E-state index contributed by atoms with van der Waals surface area (Å²) in [5, 5.41) is 7.61. The first-order valence-electron chi connectivity index (χ1n) is 5.97. The number of hydrogen-bond acceptors (Lipinski definition) is 3. The van der Waals surface area contributed by atoms with Crippen LogP contribution in [0, 0.1) is 0 Å². The molecule has 4 unspecified atom stereocenters. The highest BCUT2D eigenvalue weighted by Gasteiger charge is 2.55. The standard InChI is InChI=1S/C11H17N5O/c1-6(12)14-11(15-13-2)16-7-3-8-5-9(16)10(4-7)17-8/h7-10H,2-5H2,1H3,(H2,12,14,15). The van der Waals surface area contributed by atoms with E-state index in [0.29, 0.717) is 36.1 Å². The largest absolute Gasteiger partial charge is 0.387 e. The lowest BCUT2D eigenvalue weighted by Crippen LogP contribution is -2.46. The van der Waals surface area contributed by atoms with Gasteiger partial charge in [-0.05, 0) is 26.2 Å². The molecule has 0 aromatic carbocycles. The smallest absolute Gasteiger partial charge is 0.247 e. The third-order valence-electron chi connectivity index (χ3n) is 3.76. The number of rotatable bonds is 1. The fourth-order valence-electron chi connectivity index (χ4n) is 3.30. The molecule has 4 bridgehead atoms. The molecule has 0 radical (unpaired) electrons. The molecule has 92 valence electrons. The fourth-order valence-corrected chi connectivity index (χ4v) is 3.30. The SMILES string of the molecule is C=NN=C(N=C(C)N)N1C2CC3CC1C(C2)O3. The molecule has 0 amide bonds. The zero-order valence-corrected chi connectivity index (χ0v) is 9.91. The molecule has 4 aliphatic heterocycles. The molecule has 0 aromatic rings. The molecule has 4 fully saturated rings. The summed E-state index contributed by atoms with van der Waals surface area (Å²) in [7, 11) is 0. The monoisotopic (exact) mass is 235 g/mol. The summed E-state index contributed by atoms with van der Waals surface area (Å²) in [5.74, 6) is 1.08. The van der Waals surface area contributed by atoms with Gasteiger partial charge in [0.15, 0.2) is 0 Å². The Bertz CT molecular complexity index is 397. The van der Waals surface area contributed by atoms with E-state index in [9.17, 15) is 0 Å². The van der Waals surface area contributed by atoms with Crippen LogP contribution < -0.4 is 5.73 Å². The molecule has 6 nitrogen and oxygen atoms in total. The topological polar surface area (TPSA) is 75.6 Å². The molecule has 4 saturated heterocycles. The molecule has 4 rings (SSSR count). The summed E-state index contributed by atoms with van der Waals surface area (Å²) in [5.41, 5.74) is 5.64. The summed E-state index contributed by atoms with van der Waals surface area (Å²) < 4.78 is 5.89. The van der Waals surface area contributed by atoms with Crippen molar-refractivity contribution >= 4 is 18.5 Å². The van der Waals surface area contributed by atoms with E-state index in [1.165, 1.54) is 0 Å². The predicted octanol–water partition coefficient (Wildman–Crippen LogP) is 0.339. The molecular weight excluding hydrogens is 218 g/mol. The fraction of sp³-hybridized carbons (Fsp3) is 0.727. The molecule has 6 heteroatoms. The zero-order chi connectivity index (χ0) is 12.0. The maximum atomic E-state index is 5.89. The van der Waals surface area contributed by atoms with Crippen LogP contribution in [0.3, 0.4) is 0 Å². The van der Waals surface area contributed by atoms with Gasteiger partial charge in [-0.15, -0.1) is 5.10 Å². The van der Waals surface area contributed by atoms with E-state index < -0.39 is 0 Å². The molecule has 0 saturated carbocycles. The molecule has 0 aliphatic carbocycles. The minimum absolute atomic E-state index is 0.335. The van der Waals surface area contributed by atoms with Crippen LogP contribution in [0.15, 0.2) is 15.2 Å². The molecule has 4 atom stereocenters. The third kappa shape index (κ3) is 1.63. The number of hydrogen-bond donors (Lipinski definition) is 1.